The topological polar surface area (TPSA) is 78.9 Å². The summed E-state index contributed by atoms with van der Waals surface area (Å²) in [4.78, 5) is 37.7. The lowest BCUT2D eigenvalue weighted by Crippen LogP contribution is -2.30. The van der Waals surface area contributed by atoms with Gasteiger partial charge in [-0.05, 0) is 103 Å². The van der Waals surface area contributed by atoms with Gasteiger partial charge in [-0.1, -0.05) is 164 Å². The van der Waals surface area contributed by atoms with Crippen LogP contribution in [0.5, 0.6) is 0 Å². The van der Waals surface area contributed by atoms with Gasteiger partial charge in [0.05, 0.1) is 0 Å². The molecule has 57 heavy (non-hydrogen) atoms. The quantitative estimate of drug-likeness (QED) is 0.0266. The Morgan fingerprint density at radius 2 is 0.684 bits per heavy atom. The van der Waals surface area contributed by atoms with Crippen LogP contribution in [-0.2, 0) is 28.6 Å². The maximum absolute atomic E-state index is 12.7. The summed E-state index contributed by atoms with van der Waals surface area (Å²) in [6.45, 7) is 6.29. The smallest absolute Gasteiger partial charge is 0.306 e. The van der Waals surface area contributed by atoms with Gasteiger partial charge in [0.15, 0.2) is 6.10 Å². The molecule has 0 aromatic rings. The van der Waals surface area contributed by atoms with E-state index in [-0.39, 0.29) is 31.1 Å². The molecule has 0 heterocycles. The summed E-state index contributed by atoms with van der Waals surface area (Å²) >= 11 is 0. The monoisotopic (exact) mass is 793 g/mol. The summed E-state index contributed by atoms with van der Waals surface area (Å²) in [6.07, 6.45) is 57.2. The number of carbonyl (C=O) groups is 3. The largest absolute Gasteiger partial charge is 0.462 e. The van der Waals surface area contributed by atoms with Gasteiger partial charge in [0.25, 0.3) is 0 Å². The normalized spacial score (nSPS) is 12.8. The number of ether oxygens (including phenoxy) is 3. The fourth-order valence-corrected chi connectivity index (χ4v) is 5.92. The van der Waals surface area contributed by atoms with Crippen molar-refractivity contribution in [3.05, 3.63) is 85.1 Å². The van der Waals surface area contributed by atoms with E-state index in [9.17, 15) is 14.4 Å². The Morgan fingerprint density at radius 1 is 0.368 bits per heavy atom. The highest BCUT2D eigenvalue weighted by molar-refractivity contribution is 5.71. The molecule has 6 nitrogen and oxygen atoms in total. The summed E-state index contributed by atoms with van der Waals surface area (Å²) in [5, 5.41) is 0. The zero-order valence-electron chi connectivity index (χ0n) is 36.8. The average Bonchev–Trinajstić information content (AvgIpc) is 3.21. The molecule has 0 aromatic carbocycles. The molecule has 0 aliphatic heterocycles. The van der Waals surface area contributed by atoms with Gasteiger partial charge in [0, 0.05) is 19.3 Å². The standard InChI is InChI=1S/C51H84O6/c1-4-7-10-13-16-19-21-22-23-24-25-26-27-28-30-32-35-38-41-44-50(53)56-47-48(46-55-49(52)43-40-37-34-31-18-15-12-9-6-3)57-51(54)45-42-39-36-33-29-20-17-14-11-8-5-2/h7,9-10,12,14,16-19,22-23,25-26,31,48H,4-6,8,11,13,15,20-21,24,27-30,32-47H2,1-3H3/b10-7-,12-9-,17-14-,19-16-,23-22-,26-25-,31-18-. The predicted molar refractivity (Wildman–Crippen MR) is 242 cm³/mol. The number of rotatable bonds is 40. The van der Waals surface area contributed by atoms with E-state index in [0.29, 0.717) is 19.3 Å². The second kappa shape index (κ2) is 45.3. The molecule has 0 fully saturated rings. The van der Waals surface area contributed by atoms with Crippen LogP contribution < -0.4 is 0 Å². The molecule has 324 valence electrons. The number of unbranched alkanes of at least 4 members (excludes halogenated alkanes) is 15. The molecule has 1 atom stereocenters. The molecule has 6 heteroatoms. The molecule has 0 spiro atoms. The fraction of sp³-hybridized carbons (Fsp3) is 0.667. The van der Waals surface area contributed by atoms with Gasteiger partial charge in [-0.15, -0.1) is 0 Å². The van der Waals surface area contributed by atoms with Crippen molar-refractivity contribution in [2.45, 2.75) is 207 Å². The maximum Gasteiger partial charge on any atom is 0.306 e. The minimum atomic E-state index is -0.797. The Kier molecular flexibility index (Phi) is 42.6. The first-order valence-electron chi connectivity index (χ1n) is 23.1. The van der Waals surface area contributed by atoms with Crippen molar-refractivity contribution in [1.82, 2.24) is 0 Å². The van der Waals surface area contributed by atoms with Crippen LogP contribution in [0, 0.1) is 0 Å². The highest BCUT2D eigenvalue weighted by atomic mass is 16.6. The molecule has 0 N–H and O–H groups in total. The second-order valence-corrected chi connectivity index (χ2v) is 14.9. The zero-order valence-corrected chi connectivity index (χ0v) is 36.8. The van der Waals surface area contributed by atoms with Gasteiger partial charge >= 0.3 is 17.9 Å². The third kappa shape index (κ3) is 43.6. The lowest BCUT2D eigenvalue weighted by atomic mass is 10.1. The highest BCUT2D eigenvalue weighted by Gasteiger charge is 2.19. The van der Waals surface area contributed by atoms with Crippen molar-refractivity contribution < 1.29 is 28.6 Å². The molecule has 0 amide bonds. The Labute approximate surface area is 350 Å². The van der Waals surface area contributed by atoms with Gasteiger partial charge in [0.2, 0.25) is 0 Å². The van der Waals surface area contributed by atoms with Gasteiger partial charge in [-0.3, -0.25) is 14.4 Å². The number of carbonyl (C=O) groups excluding carboxylic acids is 3. The molecule has 0 radical (unpaired) electrons. The molecular formula is C51H84O6. The summed E-state index contributed by atoms with van der Waals surface area (Å²) < 4.78 is 16.6. The van der Waals surface area contributed by atoms with Crippen LogP contribution in [0.15, 0.2) is 85.1 Å². The number of hydrogen-bond acceptors (Lipinski definition) is 6. The van der Waals surface area contributed by atoms with E-state index in [4.69, 9.17) is 14.2 Å². The summed E-state index contributed by atoms with van der Waals surface area (Å²) in [5.41, 5.74) is 0. The molecule has 0 bridgehead atoms. The van der Waals surface area contributed by atoms with Crippen molar-refractivity contribution in [3.8, 4) is 0 Å². The number of esters is 3. The number of hydrogen-bond donors (Lipinski definition) is 0. The van der Waals surface area contributed by atoms with E-state index in [0.717, 1.165) is 122 Å². The Hall–Kier alpha value is -3.41. The van der Waals surface area contributed by atoms with E-state index in [2.05, 4.69) is 106 Å². The van der Waals surface area contributed by atoms with Crippen molar-refractivity contribution >= 4 is 17.9 Å². The molecular weight excluding hydrogens is 709 g/mol. The molecule has 0 aromatic heterocycles. The van der Waals surface area contributed by atoms with E-state index >= 15 is 0 Å². The second-order valence-electron chi connectivity index (χ2n) is 14.9. The van der Waals surface area contributed by atoms with Crippen molar-refractivity contribution in [2.24, 2.45) is 0 Å². The van der Waals surface area contributed by atoms with Crippen molar-refractivity contribution in [3.63, 3.8) is 0 Å². The van der Waals surface area contributed by atoms with Crippen molar-refractivity contribution in [2.75, 3.05) is 13.2 Å². The van der Waals surface area contributed by atoms with Crippen LogP contribution in [0.1, 0.15) is 201 Å². The van der Waals surface area contributed by atoms with Crippen LogP contribution in [0.25, 0.3) is 0 Å². The lowest BCUT2D eigenvalue weighted by Gasteiger charge is -2.18. The van der Waals surface area contributed by atoms with Gasteiger partial charge < -0.3 is 14.2 Å². The minimum Gasteiger partial charge on any atom is -0.462 e. The molecule has 0 aliphatic carbocycles. The van der Waals surface area contributed by atoms with Crippen molar-refractivity contribution in [1.29, 1.82) is 0 Å². The summed E-state index contributed by atoms with van der Waals surface area (Å²) in [7, 11) is 0. The molecule has 0 rings (SSSR count). The first kappa shape index (κ1) is 53.6. The van der Waals surface area contributed by atoms with Crippen LogP contribution in [-0.4, -0.2) is 37.2 Å². The Bertz CT molecular complexity index is 1140. The van der Waals surface area contributed by atoms with Gasteiger partial charge in [-0.25, -0.2) is 0 Å². The molecule has 1 unspecified atom stereocenters. The van der Waals surface area contributed by atoms with Gasteiger partial charge in [-0.2, -0.15) is 0 Å². The summed E-state index contributed by atoms with van der Waals surface area (Å²) in [6, 6.07) is 0. The summed E-state index contributed by atoms with van der Waals surface area (Å²) in [5.74, 6) is -0.968. The molecule has 0 saturated carbocycles. The van der Waals surface area contributed by atoms with Gasteiger partial charge in [0.1, 0.15) is 13.2 Å². The third-order valence-corrected chi connectivity index (χ3v) is 9.36. The molecule has 0 saturated heterocycles. The van der Waals surface area contributed by atoms with E-state index in [1.807, 2.05) is 0 Å². The van der Waals surface area contributed by atoms with E-state index in [1.54, 1.807) is 0 Å². The first-order chi connectivity index (χ1) is 28.0. The van der Waals surface area contributed by atoms with Crippen LogP contribution in [0.3, 0.4) is 0 Å². The predicted octanol–water partition coefficient (Wildman–Crippen LogP) is 14.9. The fourth-order valence-electron chi connectivity index (χ4n) is 5.92. The van der Waals surface area contributed by atoms with Crippen LogP contribution in [0.4, 0.5) is 0 Å². The van der Waals surface area contributed by atoms with E-state index in [1.165, 1.54) is 38.5 Å². The zero-order chi connectivity index (χ0) is 41.5. The average molecular weight is 793 g/mol. The Morgan fingerprint density at radius 3 is 1.12 bits per heavy atom. The highest BCUT2D eigenvalue weighted by Crippen LogP contribution is 2.13. The number of allylic oxidation sites excluding steroid dienone is 14. The maximum atomic E-state index is 12.7. The minimum absolute atomic E-state index is 0.0990. The third-order valence-electron chi connectivity index (χ3n) is 9.36. The SMILES string of the molecule is CC/C=C\C/C=C\C/C=C\C/C=C\CCCCCCCCC(=O)OCC(COC(=O)CCCC/C=C\C/C=C\CC)OC(=O)CCCCCCC/C=C\CCCC. The van der Waals surface area contributed by atoms with Crippen LogP contribution >= 0.6 is 0 Å². The lowest BCUT2D eigenvalue weighted by molar-refractivity contribution is -0.167. The van der Waals surface area contributed by atoms with E-state index < -0.39 is 6.10 Å². The Balaban J connectivity index is 4.37. The van der Waals surface area contributed by atoms with Crippen LogP contribution in [0.2, 0.25) is 0 Å². The molecule has 0 aliphatic rings. The first-order valence-corrected chi connectivity index (χ1v) is 23.1.